The molecule has 4 fully saturated rings. The molecule has 0 spiro atoms. The van der Waals surface area contributed by atoms with Gasteiger partial charge in [0.25, 0.3) is 0 Å². The van der Waals surface area contributed by atoms with Gasteiger partial charge in [-0.1, -0.05) is 0 Å². The van der Waals surface area contributed by atoms with E-state index in [1.54, 1.807) is 6.92 Å². The molecule has 5 aliphatic rings. The van der Waals surface area contributed by atoms with Crippen LogP contribution in [0.25, 0.3) is 0 Å². The van der Waals surface area contributed by atoms with E-state index in [9.17, 15) is 14.4 Å². The van der Waals surface area contributed by atoms with Crippen LogP contribution >= 0.6 is 0 Å². The van der Waals surface area contributed by atoms with E-state index in [4.69, 9.17) is 11.3 Å². The molecule has 0 aromatic carbocycles. The number of rotatable bonds is 3. The quantitative estimate of drug-likeness (QED) is 0.344. The molecular weight excluding hydrogens is 439 g/mol. The topological polar surface area (TPSA) is 88.6 Å². The fourth-order valence-corrected chi connectivity index (χ4v) is 9.57. The summed E-state index contributed by atoms with van der Waals surface area (Å²) in [6.07, 6.45) is 5.51. The molecule has 0 aromatic rings. The SMILES string of the molecule is CN1C(=O)N([CH2][Ge]23[O]CCN(CC[O]2)CC[O]3)C(=O)C(C)(C2=CCCCC2)C1=O. The third-order valence-electron chi connectivity index (χ3n) is 6.40. The second-order valence-corrected chi connectivity index (χ2v) is 13.6. The fraction of sp³-hybridized carbons (Fsp3) is 0.737. The minimum atomic E-state index is -3.88. The molecule has 1 atom stereocenters. The Labute approximate surface area is 174 Å². The molecule has 2 bridgehead atoms. The van der Waals surface area contributed by atoms with Crippen molar-refractivity contribution in [2.24, 2.45) is 5.41 Å². The van der Waals surface area contributed by atoms with Crippen LogP contribution in [-0.4, -0.2) is 98.7 Å². The Morgan fingerprint density at radius 3 is 2.17 bits per heavy atom. The number of hydrogen-bond donors (Lipinski definition) is 0. The van der Waals surface area contributed by atoms with Gasteiger partial charge in [0.2, 0.25) is 0 Å². The minimum absolute atomic E-state index is 0.0157. The van der Waals surface area contributed by atoms with Crippen LogP contribution in [0.3, 0.4) is 0 Å². The number of imide groups is 2. The Morgan fingerprint density at radius 2 is 1.62 bits per heavy atom. The van der Waals surface area contributed by atoms with E-state index in [0.717, 1.165) is 54.3 Å². The van der Waals surface area contributed by atoms with E-state index in [0.29, 0.717) is 26.2 Å². The summed E-state index contributed by atoms with van der Waals surface area (Å²) < 4.78 is 18.2. The molecule has 4 aliphatic heterocycles. The van der Waals surface area contributed by atoms with Crippen molar-refractivity contribution >= 4 is 32.1 Å². The van der Waals surface area contributed by atoms with Crippen molar-refractivity contribution in [3.8, 4) is 0 Å². The molecule has 4 amide bonds. The Kier molecular flexibility index (Phi) is 5.86. The van der Waals surface area contributed by atoms with Crippen molar-refractivity contribution in [1.29, 1.82) is 0 Å². The molecule has 29 heavy (non-hydrogen) atoms. The van der Waals surface area contributed by atoms with Gasteiger partial charge in [0.1, 0.15) is 0 Å². The van der Waals surface area contributed by atoms with Gasteiger partial charge in [-0.25, -0.2) is 0 Å². The van der Waals surface area contributed by atoms with E-state index in [1.165, 1.54) is 7.05 Å². The van der Waals surface area contributed by atoms with Gasteiger partial charge in [-0.05, 0) is 0 Å². The van der Waals surface area contributed by atoms with Crippen LogP contribution in [0, 0.1) is 5.41 Å². The second kappa shape index (κ2) is 8.11. The predicted molar refractivity (Wildman–Crippen MR) is 105 cm³/mol. The van der Waals surface area contributed by atoms with Gasteiger partial charge in [0.05, 0.1) is 0 Å². The summed E-state index contributed by atoms with van der Waals surface area (Å²) in [5.74, 6) is -0.948. The van der Waals surface area contributed by atoms with Gasteiger partial charge in [-0.3, -0.25) is 0 Å². The first kappa shape index (κ1) is 21.0. The van der Waals surface area contributed by atoms with E-state index in [-0.39, 0.29) is 5.38 Å². The Balaban J connectivity index is 1.65. The summed E-state index contributed by atoms with van der Waals surface area (Å²) >= 11 is -3.88. The van der Waals surface area contributed by atoms with Crippen LogP contribution in [0.5, 0.6) is 0 Å². The third-order valence-corrected chi connectivity index (χ3v) is 11.9. The van der Waals surface area contributed by atoms with Crippen LogP contribution in [0.4, 0.5) is 4.79 Å². The molecule has 9 nitrogen and oxygen atoms in total. The van der Waals surface area contributed by atoms with Crippen molar-refractivity contribution < 1.29 is 25.7 Å². The zero-order valence-corrected chi connectivity index (χ0v) is 19.2. The summed E-state index contributed by atoms with van der Waals surface area (Å²) in [7, 11) is 1.44. The first-order valence-electron chi connectivity index (χ1n) is 10.4. The Bertz CT molecular complexity index is 717. The zero-order valence-electron chi connectivity index (χ0n) is 17.1. The van der Waals surface area contributed by atoms with Crippen molar-refractivity contribution in [2.75, 3.05) is 51.9 Å². The Hall–Kier alpha value is -1.27. The number of urea groups is 1. The summed E-state index contributed by atoms with van der Waals surface area (Å²) in [4.78, 5) is 44.0. The molecule has 160 valence electrons. The molecule has 0 saturated carbocycles. The second-order valence-electron chi connectivity index (χ2n) is 8.21. The first-order chi connectivity index (χ1) is 13.9. The number of allylic oxidation sites excluding steroid dienone is 1. The zero-order chi connectivity index (χ0) is 20.6. The maximum atomic E-state index is 13.6. The van der Waals surface area contributed by atoms with Gasteiger partial charge in [0.15, 0.2) is 0 Å². The average molecular weight is 468 g/mol. The predicted octanol–water partition coefficient (Wildman–Crippen LogP) is 0.771. The van der Waals surface area contributed by atoms with Crippen molar-refractivity contribution in [1.82, 2.24) is 14.7 Å². The number of carbonyl (C=O) groups excluding carboxylic acids is 3. The normalized spacial score (nSPS) is 36.6. The average Bonchev–Trinajstić information content (AvgIpc) is 2.69. The van der Waals surface area contributed by atoms with E-state index < -0.39 is 37.5 Å². The summed E-state index contributed by atoms with van der Waals surface area (Å²) in [5, 5.41) is -0.0157. The van der Waals surface area contributed by atoms with Gasteiger partial charge in [0, 0.05) is 0 Å². The van der Waals surface area contributed by atoms with Crippen LogP contribution in [0.2, 0.25) is 0 Å². The molecule has 10 heteroatoms. The number of amides is 4. The molecular formula is C19H29GeN3O6. The summed E-state index contributed by atoms with van der Waals surface area (Å²) in [6, 6.07) is -0.629. The number of hydrogen-bond acceptors (Lipinski definition) is 7. The van der Waals surface area contributed by atoms with Crippen molar-refractivity contribution in [2.45, 2.75) is 32.6 Å². The monoisotopic (exact) mass is 469 g/mol. The molecule has 0 N–H and O–H groups in total. The molecule has 4 heterocycles. The van der Waals surface area contributed by atoms with Crippen LogP contribution in [0.1, 0.15) is 32.6 Å². The van der Waals surface area contributed by atoms with Gasteiger partial charge in [-0.2, -0.15) is 0 Å². The number of fused-ring (bicyclic) bond motifs is 6. The van der Waals surface area contributed by atoms with Crippen molar-refractivity contribution in [3.63, 3.8) is 0 Å². The number of nitrogens with zero attached hydrogens (tertiary/aromatic N) is 3. The fourth-order valence-electron chi connectivity index (χ4n) is 4.54. The van der Waals surface area contributed by atoms with Crippen LogP contribution in [0.15, 0.2) is 11.6 Å². The van der Waals surface area contributed by atoms with E-state index in [1.807, 2.05) is 6.08 Å². The van der Waals surface area contributed by atoms with Crippen molar-refractivity contribution in [3.05, 3.63) is 11.6 Å². The summed E-state index contributed by atoms with van der Waals surface area (Å²) in [5.41, 5.74) is -0.552. The van der Waals surface area contributed by atoms with Crippen LogP contribution in [-0.2, 0) is 20.9 Å². The maximum absolute atomic E-state index is 13.6. The van der Waals surface area contributed by atoms with Gasteiger partial charge in [-0.15, -0.1) is 0 Å². The first-order valence-corrected chi connectivity index (χ1v) is 14.4. The number of carbonyl (C=O) groups is 3. The molecule has 1 unspecified atom stereocenters. The summed E-state index contributed by atoms with van der Waals surface area (Å²) in [6.45, 7) is 5.35. The number of barbiturate groups is 1. The van der Waals surface area contributed by atoms with Gasteiger partial charge >= 0.3 is 174 Å². The standard InChI is InChI=1S/C19H29GeN3O6/c1-19(15-6-4-3-5-7-15)16(24)21(2)18(26)23(17(19)25)14-20-27-11-8-22(9-12-28-20)10-13-29-20/h6H,3-5,7-14H2,1-2H3. The molecule has 0 radical (unpaired) electrons. The molecule has 5 rings (SSSR count). The van der Waals surface area contributed by atoms with E-state index in [2.05, 4.69) is 4.90 Å². The molecule has 1 aliphatic carbocycles. The molecule has 4 saturated heterocycles. The Morgan fingerprint density at radius 1 is 1.00 bits per heavy atom. The van der Waals surface area contributed by atoms with E-state index >= 15 is 0 Å². The van der Waals surface area contributed by atoms with Crippen LogP contribution < -0.4 is 0 Å². The third kappa shape index (κ3) is 3.67. The van der Waals surface area contributed by atoms with Gasteiger partial charge < -0.3 is 0 Å². The molecule has 0 aromatic heterocycles.